The molecule has 0 saturated carbocycles. The minimum absolute atomic E-state index is 0.963. The molecule has 0 aliphatic heterocycles. The van der Waals surface area contributed by atoms with Crippen LogP contribution in [-0.2, 0) is 6.54 Å². The summed E-state index contributed by atoms with van der Waals surface area (Å²) in [5, 5.41) is 3.55. The van der Waals surface area contributed by atoms with E-state index in [1.54, 1.807) is 0 Å². The van der Waals surface area contributed by atoms with E-state index < -0.39 is 0 Å². The van der Waals surface area contributed by atoms with Gasteiger partial charge in [-0.1, -0.05) is 25.5 Å². The van der Waals surface area contributed by atoms with Gasteiger partial charge >= 0.3 is 0 Å². The molecule has 0 atom stereocenters. The molecule has 0 fully saturated rings. The van der Waals surface area contributed by atoms with Crippen LogP contribution in [0.1, 0.15) is 47.8 Å². The van der Waals surface area contributed by atoms with Crippen molar-refractivity contribution in [3.05, 3.63) is 52.3 Å². The Morgan fingerprint density at radius 2 is 1.86 bits per heavy atom. The Labute approximate surface area is 129 Å². The standard InChI is InChI=1S/C19H28N2/c1-6-7-11-20-13-18-12-15(3)21(17(18)5)19-10-8-9-14(2)16(19)4/h8-10,12,20H,6-7,11,13H2,1-5H3. The van der Waals surface area contributed by atoms with E-state index in [1.165, 1.54) is 46.6 Å². The molecule has 114 valence electrons. The number of hydrogen-bond donors (Lipinski definition) is 1. The number of rotatable bonds is 6. The van der Waals surface area contributed by atoms with Crippen LogP contribution in [0.2, 0.25) is 0 Å². The minimum Gasteiger partial charge on any atom is -0.318 e. The van der Waals surface area contributed by atoms with Crippen molar-refractivity contribution in [3.63, 3.8) is 0 Å². The van der Waals surface area contributed by atoms with E-state index in [0.717, 1.165) is 13.1 Å². The van der Waals surface area contributed by atoms with Gasteiger partial charge in [-0.3, -0.25) is 0 Å². The lowest BCUT2D eigenvalue weighted by molar-refractivity contribution is 0.639. The lowest BCUT2D eigenvalue weighted by Gasteiger charge is -2.15. The normalized spacial score (nSPS) is 11.1. The highest BCUT2D eigenvalue weighted by atomic mass is 15.0. The summed E-state index contributed by atoms with van der Waals surface area (Å²) in [6.45, 7) is 13.1. The van der Waals surface area contributed by atoms with Crippen molar-refractivity contribution in [2.45, 2.75) is 54.0 Å². The smallest absolute Gasteiger partial charge is 0.0486 e. The Morgan fingerprint density at radius 3 is 2.57 bits per heavy atom. The van der Waals surface area contributed by atoms with Crippen molar-refractivity contribution in [1.82, 2.24) is 9.88 Å². The van der Waals surface area contributed by atoms with E-state index in [2.05, 4.69) is 68.8 Å². The summed E-state index contributed by atoms with van der Waals surface area (Å²) < 4.78 is 2.39. The third-order valence-electron chi connectivity index (χ3n) is 4.38. The van der Waals surface area contributed by atoms with Crippen LogP contribution in [0, 0.1) is 27.7 Å². The van der Waals surface area contributed by atoms with Crippen LogP contribution in [0.3, 0.4) is 0 Å². The van der Waals surface area contributed by atoms with E-state index in [-0.39, 0.29) is 0 Å². The molecular formula is C19H28N2. The Bertz CT molecular complexity index is 608. The number of aromatic nitrogens is 1. The molecule has 0 unspecified atom stereocenters. The highest BCUT2D eigenvalue weighted by molar-refractivity contribution is 5.49. The molecule has 0 saturated heterocycles. The van der Waals surface area contributed by atoms with Crippen LogP contribution in [0.15, 0.2) is 24.3 Å². The molecule has 0 bridgehead atoms. The summed E-state index contributed by atoms with van der Waals surface area (Å²) in [5.74, 6) is 0. The maximum Gasteiger partial charge on any atom is 0.0486 e. The second kappa shape index (κ2) is 6.95. The fourth-order valence-corrected chi connectivity index (χ4v) is 2.88. The minimum atomic E-state index is 0.963. The molecule has 1 aromatic heterocycles. The molecule has 1 N–H and O–H groups in total. The zero-order valence-electron chi connectivity index (χ0n) is 14.1. The second-order valence-electron chi connectivity index (χ2n) is 5.98. The van der Waals surface area contributed by atoms with E-state index in [4.69, 9.17) is 0 Å². The largest absolute Gasteiger partial charge is 0.318 e. The molecule has 0 radical (unpaired) electrons. The van der Waals surface area contributed by atoms with Gasteiger partial charge in [-0.25, -0.2) is 0 Å². The zero-order chi connectivity index (χ0) is 15.4. The van der Waals surface area contributed by atoms with Gasteiger partial charge in [0.2, 0.25) is 0 Å². The average molecular weight is 284 g/mol. The number of nitrogens with zero attached hydrogens (tertiary/aromatic N) is 1. The van der Waals surface area contributed by atoms with E-state index in [0.29, 0.717) is 0 Å². The first-order valence-corrected chi connectivity index (χ1v) is 8.01. The van der Waals surface area contributed by atoms with E-state index >= 15 is 0 Å². The van der Waals surface area contributed by atoms with Gasteiger partial charge in [-0.15, -0.1) is 0 Å². The summed E-state index contributed by atoms with van der Waals surface area (Å²) in [4.78, 5) is 0. The predicted octanol–water partition coefficient (Wildman–Crippen LogP) is 4.60. The predicted molar refractivity (Wildman–Crippen MR) is 91.3 cm³/mol. The molecule has 21 heavy (non-hydrogen) atoms. The van der Waals surface area contributed by atoms with Crippen LogP contribution in [-0.4, -0.2) is 11.1 Å². The maximum absolute atomic E-state index is 3.55. The van der Waals surface area contributed by atoms with Gasteiger partial charge in [-0.05, 0) is 69.5 Å². The Balaban J connectivity index is 2.29. The van der Waals surface area contributed by atoms with Gasteiger partial charge in [0.25, 0.3) is 0 Å². The second-order valence-corrected chi connectivity index (χ2v) is 5.98. The maximum atomic E-state index is 3.55. The lowest BCUT2D eigenvalue weighted by atomic mass is 10.1. The van der Waals surface area contributed by atoms with Crippen LogP contribution in [0.5, 0.6) is 0 Å². The van der Waals surface area contributed by atoms with Crippen LogP contribution in [0.25, 0.3) is 5.69 Å². The van der Waals surface area contributed by atoms with Crippen molar-refractivity contribution in [3.8, 4) is 5.69 Å². The van der Waals surface area contributed by atoms with E-state index in [1.807, 2.05) is 0 Å². The molecule has 2 aromatic rings. The van der Waals surface area contributed by atoms with Crippen molar-refractivity contribution in [2.75, 3.05) is 6.54 Å². The van der Waals surface area contributed by atoms with Crippen molar-refractivity contribution in [2.24, 2.45) is 0 Å². The van der Waals surface area contributed by atoms with Gasteiger partial charge in [0.15, 0.2) is 0 Å². The number of nitrogens with one attached hydrogen (secondary N) is 1. The summed E-state index contributed by atoms with van der Waals surface area (Å²) in [6.07, 6.45) is 2.49. The first kappa shape index (κ1) is 15.8. The molecule has 1 heterocycles. The monoisotopic (exact) mass is 284 g/mol. The molecule has 1 aromatic carbocycles. The van der Waals surface area contributed by atoms with Gasteiger partial charge in [0, 0.05) is 23.6 Å². The Hall–Kier alpha value is -1.54. The number of unbranched alkanes of at least 4 members (excludes halogenated alkanes) is 1. The first-order chi connectivity index (χ1) is 10.1. The summed E-state index contributed by atoms with van der Waals surface area (Å²) >= 11 is 0. The van der Waals surface area contributed by atoms with Crippen LogP contribution in [0.4, 0.5) is 0 Å². The summed E-state index contributed by atoms with van der Waals surface area (Å²) in [6, 6.07) is 8.86. The summed E-state index contributed by atoms with van der Waals surface area (Å²) in [5.41, 5.74) is 8.10. The fraction of sp³-hybridized carbons (Fsp3) is 0.474. The third-order valence-corrected chi connectivity index (χ3v) is 4.38. The Morgan fingerprint density at radius 1 is 1.10 bits per heavy atom. The molecule has 2 heteroatoms. The quantitative estimate of drug-likeness (QED) is 0.767. The van der Waals surface area contributed by atoms with Crippen LogP contribution < -0.4 is 5.32 Å². The molecular weight excluding hydrogens is 256 g/mol. The van der Waals surface area contributed by atoms with Gasteiger partial charge in [0.1, 0.15) is 0 Å². The molecule has 0 spiro atoms. The first-order valence-electron chi connectivity index (χ1n) is 8.01. The summed E-state index contributed by atoms with van der Waals surface area (Å²) in [7, 11) is 0. The number of aryl methyl sites for hydroxylation is 2. The van der Waals surface area contributed by atoms with Gasteiger partial charge < -0.3 is 9.88 Å². The molecule has 2 nitrogen and oxygen atoms in total. The highest BCUT2D eigenvalue weighted by Crippen LogP contribution is 2.24. The van der Waals surface area contributed by atoms with Crippen molar-refractivity contribution in [1.29, 1.82) is 0 Å². The topological polar surface area (TPSA) is 17.0 Å². The van der Waals surface area contributed by atoms with Crippen molar-refractivity contribution < 1.29 is 0 Å². The van der Waals surface area contributed by atoms with Gasteiger partial charge in [0.05, 0.1) is 0 Å². The number of benzene rings is 1. The fourth-order valence-electron chi connectivity index (χ4n) is 2.88. The van der Waals surface area contributed by atoms with E-state index in [9.17, 15) is 0 Å². The Kier molecular flexibility index (Phi) is 5.24. The zero-order valence-corrected chi connectivity index (χ0v) is 14.1. The van der Waals surface area contributed by atoms with Gasteiger partial charge in [-0.2, -0.15) is 0 Å². The highest BCUT2D eigenvalue weighted by Gasteiger charge is 2.12. The molecule has 0 aliphatic rings. The average Bonchev–Trinajstić information content (AvgIpc) is 2.73. The SMILES string of the molecule is CCCCNCc1cc(C)n(-c2cccc(C)c2C)c1C. The van der Waals surface area contributed by atoms with Crippen molar-refractivity contribution >= 4 is 0 Å². The molecule has 0 amide bonds. The molecule has 2 rings (SSSR count). The van der Waals surface area contributed by atoms with Crippen LogP contribution >= 0.6 is 0 Å². The molecule has 0 aliphatic carbocycles. The number of hydrogen-bond acceptors (Lipinski definition) is 1. The third kappa shape index (κ3) is 3.38. The lowest BCUT2D eigenvalue weighted by Crippen LogP contribution is -2.15.